The van der Waals surface area contributed by atoms with Crippen LogP contribution in [0.2, 0.25) is 0 Å². The summed E-state index contributed by atoms with van der Waals surface area (Å²) in [5, 5.41) is 2.74. The second-order valence-corrected chi connectivity index (χ2v) is 8.28. The largest absolute Gasteiger partial charge is 0.497 e. The van der Waals surface area contributed by atoms with Crippen LogP contribution in [0.15, 0.2) is 51.8 Å². The van der Waals surface area contributed by atoms with Crippen molar-refractivity contribution < 1.29 is 17.9 Å². The molecule has 0 aromatic heterocycles. The van der Waals surface area contributed by atoms with Gasteiger partial charge in [-0.2, -0.15) is 0 Å². The van der Waals surface area contributed by atoms with Gasteiger partial charge < -0.3 is 10.1 Å². The van der Waals surface area contributed by atoms with Crippen molar-refractivity contribution in [3.8, 4) is 5.75 Å². The van der Waals surface area contributed by atoms with Gasteiger partial charge in [0.25, 0.3) is 0 Å². The Bertz CT molecular complexity index is 832. The lowest BCUT2D eigenvalue weighted by atomic mass is 10.2. The maximum atomic E-state index is 12.3. The summed E-state index contributed by atoms with van der Waals surface area (Å²) in [6.45, 7) is 1.87. The zero-order chi connectivity index (χ0) is 17.7. The van der Waals surface area contributed by atoms with Crippen LogP contribution in [-0.2, 0) is 14.6 Å². The summed E-state index contributed by atoms with van der Waals surface area (Å²) in [5.74, 6) is -0.00398. The fourth-order valence-corrected chi connectivity index (χ4v) is 3.82. The van der Waals surface area contributed by atoms with Gasteiger partial charge in [0.2, 0.25) is 5.91 Å². The summed E-state index contributed by atoms with van der Waals surface area (Å²) in [7, 11) is -2.00. The van der Waals surface area contributed by atoms with Crippen LogP contribution in [0, 0.1) is 6.92 Å². The lowest BCUT2D eigenvalue weighted by molar-refractivity contribution is -0.115. The monoisotopic (exact) mass is 411 g/mol. The number of rotatable bonds is 6. The van der Waals surface area contributed by atoms with E-state index in [9.17, 15) is 13.2 Å². The van der Waals surface area contributed by atoms with Crippen LogP contribution in [0.4, 0.5) is 5.69 Å². The number of aryl methyl sites for hydroxylation is 1. The van der Waals surface area contributed by atoms with Gasteiger partial charge in [-0.05, 0) is 55.0 Å². The minimum absolute atomic E-state index is 0.107. The van der Waals surface area contributed by atoms with Gasteiger partial charge in [0, 0.05) is 16.6 Å². The number of sulfone groups is 1. The number of anilines is 1. The molecule has 5 nitrogen and oxygen atoms in total. The van der Waals surface area contributed by atoms with E-state index in [0.717, 1.165) is 10.0 Å². The van der Waals surface area contributed by atoms with E-state index in [4.69, 9.17) is 4.74 Å². The van der Waals surface area contributed by atoms with E-state index in [0.29, 0.717) is 11.4 Å². The Hall–Kier alpha value is -1.86. The van der Waals surface area contributed by atoms with Crippen LogP contribution in [0.5, 0.6) is 5.75 Å². The van der Waals surface area contributed by atoms with E-state index < -0.39 is 9.84 Å². The summed E-state index contributed by atoms with van der Waals surface area (Å²) in [6, 6.07) is 11.6. The van der Waals surface area contributed by atoms with Crippen LogP contribution in [0.1, 0.15) is 12.0 Å². The smallest absolute Gasteiger partial charge is 0.225 e. The van der Waals surface area contributed by atoms with E-state index >= 15 is 0 Å². The maximum Gasteiger partial charge on any atom is 0.225 e. The third-order valence-electron chi connectivity index (χ3n) is 3.48. The highest BCUT2D eigenvalue weighted by atomic mass is 79.9. The summed E-state index contributed by atoms with van der Waals surface area (Å²) >= 11 is 3.35. The molecule has 0 aliphatic rings. The topological polar surface area (TPSA) is 72.5 Å². The number of carbonyl (C=O) groups is 1. The zero-order valence-corrected chi connectivity index (χ0v) is 15.8. The second kappa shape index (κ2) is 7.81. The molecule has 1 N–H and O–H groups in total. The number of nitrogens with one attached hydrogen (secondary N) is 1. The average molecular weight is 412 g/mol. The van der Waals surface area contributed by atoms with Gasteiger partial charge in [0.1, 0.15) is 5.75 Å². The lowest BCUT2D eigenvalue weighted by Gasteiger charge is -2.09. The van der Waals surface area contributed by atoms with Crippen LogP contribution in [-0.4, -0.2) is 27.2 Å². The van der Waals surface area contributed by atoms with Crippen molar-refractivity contribution in [1.82, 2.24) is 0 Å². The highest BCUT2D eigenvalue weighted by Gasteiger charge is 2.17. The van der Waals surface area contributed by atoms with E-state index in [1.165, 1.54) is 19.2 Å². The van der Waals surface area contributed by atoms with Crippen molar-refractivity contribution in [3.63, 3.8) is 0 Å². The quantitative estimate of drug-likeness (QED) is 0.788. The number of halogens is 1. The minimum atomic E-state index is -3.51. The first-order chi connectivity index (χ1) is 11.3. The number of hydrogen-bond donors (Lipinski definition) is 1. The number of methoxy groups -OCH3 is 1. The number of ether oxygens (including phenoxy) is 1. The first kappa shape index (κ1) is 18.5. The summed E-state index contributed by atoms with van der Waals surface area (Å²) < 4.78 is 30.5. The lowest BCUT2D eigenvalue weighted by Crippen LogP contribution is -2.18. The molecule has 0 atom stereocenters. The Morgan fingerprint density at radius 2 is 1.83 bits per heavy atom. The third-order valence-corrected chi connectivity index (χ3v) is 5.70. The molecule has 0 heterocycles. The first-order valence-electron chi connectivity index (χ1n) is 7.24. The van der Waals surface area contributed by atoms with Gasteiger partial charge in [-0.3, -0.25) is 4.79 Å². The molecule has 7 heteroatoms. The fraction of sp³-hybridized carbons (Fsp3) is 0.235. The Labute approximate surface area is 150 Å². The van der Waals surface area contributed by atoms with E-state index in [1.54, 1.807) is 18.2 Å². The second-order valence-electron chi connectivity index (χ2n) is 5.25. The average Bonchev–Trinajstić information content (AvgIpc) is 2.56. The van der Waals surface area contributed by atoms with E-state index in [-0.39, 0.29) is 23.0 Å². The van der Waals surface area contributed by atoms with Crippen LogP contribution >= 0.6 is 15.9 Å². The normalized spacial score (nSPS) is 11.1. The van der Waals surface area contributed by atoms with Gasteiger partial charge >= 0.3 is 0 Å². The molecule has 0 saturated heterocycles. The molecule has 0 saturated carbocycles. The predicted octanol–water partition coefficient (Wildman–Crippen LogP) is 3.57. The van der Waals surface area contributed by atoms with Crippen molar-refractivity contribution in [2.45, 2.75) is 18.2 Å². The summed E-state index contributed by atoms with van der Waals surface area (Å²) in [6.07, 6.45) is -0.107. The molecule has 0 spiro atoms. The van der Waals surface area contributed by atoms with Crippen molar-refractivity contribution in [1.29, 1.82) is 0 Å². The number of amides is 1. The van der Waals surface area contributed by atoms with Gasteiger partial charge in [0.15, 0.2) is 9.84 Å². The standard InChI is InChI=1S/C17H18BrNO4S/c1-12-11-13(18)3-8-16(12)19-17(20)9-10-24(21,22)15-6-4-14(23-2)5-7-15/h3-8,11H,9-10H2,1-2H3,(H,19,20). The Kier molecular flexibility index (Phi) is 6.01. The molecule has 128 valence electrons. The molecule has 2 aromatic carbocycles. The van der Waals surface area contributed by atoms with Crippen molar-refractivity contribution in [3.05, 3.63) is 52.5 Å². The van der Waals surface area contributed by atoms with Gasteiger partial charge in [-0.15, -0.1) is 0 Å². The number of benzene rings is 2. The van der Waals surface area contributed by atoms with Crippen LogP contribution < -0.4 is 10.1 Å². The predicted molar refractivity (Wildman–Crippen MR) is 97.2 cm³/mol. The zero-order valence-electron chi connectivity index (χ0n) is 13.4. The van der Waals surface area contributed by atoms with Gasteiger partial charge in [-0.25, -0.2) is 8.42 Å². The highest BCUT2D eigenvalue weighted by Crippen LogP contribution is 2.21. The molecule has 0 aliphatic heterocycles. The Morgan fingerprint density at radius 3 is 2.42 bits per heavy atom. The molecule has 2 aromatic rings. The Balaban J connectivity index is 1.99. The van der Waals surface area contributed by atoms with Crippen molar-refractivity contribution >= 4 is 37.4 Å². The minimum Gasteiger partial charge on any atom is -0.497 e. The summed E-state index contributed by atoms with van der Waals surface area (Å²) in [5.41, 5.74) is 1.57. The Morgan fingerprint density at radius 1 is 1.17 bits per heavy atom. The van der Waals surface area contributed by atoms with E-state index in [1.807, 2.05) is 19.1 Å². The van der Waals surface area contributed by atoms with Gasteiger partial charge in [0.05, 0.1) is 17.8 Å². The third kappa shape index (κ3) is 4.82. The first-order valence-corrected chi connectivity index (χ1v) is 9.69. The molecule has 2 rings (SSSR count). The molecule has 1 amide bonds. The number of carbonyl (C=O) groups excluding carboxylic acids is 1. The molecule has 0 aliphatic carbocycles. The molecular formula is C17H18BrNO4S. The molecule has 24 heavy (non-hydrogen) atoms. The van der Waals surface area contributed by atoms with Crippen molar-refractivity contribution in [2.24, 2.45) is 0 Å². The van der Waals surface area contributed by atoms with Crippen LogP contribution in [0.3, 0.4) is 0 Å². The SMILES string of the molecule is COc1ccc(S(=O)(=O)CCC(=O)Nc2ccc(Br)cc2C)cc1. The molecule has 0 bridgehead atoms. The molecular weight excluding hydrogens is 394 g/mol. The molecule has 0 radical (unpaired) electrons. The molecule has 0 fully saturated rings. The fourth-order valence-electron chi connectivity index (χ4n) is 2.11. The summed E-state index contributed by atoms with van der Waals surface area (Å²) in [4.78, 5) is 12.2. The molecule has 0 unspecified atom stereocenters. The maximum absolute atomic E-state index is 12.3. The van der Waals surface area contributed by atoms with Gasteiger partial charge in [-0.1, -0.05) is 15.9 Å². The van der Waals surface area contributed by atoms with Crippen LogP contribution in [0.25, 0.3) is 0 Å². The highest BCUT2D eigenvalue weighted by molar-refractivity contribution is 9.10. The number of hydrogen-bond acceptors (Lipinski definition) is 4. The van der Waals surface area contributed by atoms with Crippen molar-refractivity contribution in [2.75, 3.05) is 18.2 Å². The van der Waals surface area contributed by atoms with E-state index in [2.05, 4.69) is 21.2 Å².